The average Bonchev–Trinajstić information content (AvgIpc) is 2.76. The molecule has 0 saturated carbocycles. The van der Waals surface area contributed by atoms with Crippen LogP contribution in [0.3, 0.4) is 0 Å². The molecule has 1 unspecified atom stereocenters. The van der Waals surface area contributed by atoms with E-state index < -0.39 is 6.04 Å². The van der Waals surface area contributed by atoms with Crippen molar-refractivity contribution < 1.29 is 0 Å². The minimum Gasteiger partial charge on any atom is -0.396 e. The van der Waals surface area contributed by atoms with Gasteiger partial charge in [0, 0.05) is 30.8 Å². The molecule has 0 spiro atoms. The van der Waals surface area contributed by atoms with Crippen molar-refractivity contribution in [3.63, 3.8) is 0 Å². The highest BCUT2D eigenvalue weighted by Gasteiger charge is 2.28. The van der Waals surface area contributed by atoms with Crippen LogP contribution in [0.2, 0.25) is 0 Å². The Hall–Kier alpha value is -3.01. The zero-order valence-corrected chi connectivity index (χ0v) is 16.0. The van der Waals surface area contributed by atoms with Gasteiger partial charge in [0.05, 0.1) is 28.8 Å². The Balaban J connectivity index is 2.17. The number of benzene rings is 2. The molecule has 0 saturated heterocycles. The number of hydrazine groups is 1. The summed E-state index contributed by atoms with van der Waals surface area (Å²) < 4.78 is 0. The van der Waals surface area contributed by atoms with Crippen LogP contribution < -0.4 is 21.8 Å². The Labute approximate surface area is 160 Å². The zero-order valence-electron chi connectivity index (χ0n) is 16.0. The maximum atomic E-state index is 9.71. The highest BCUT2D eigenvalue weighted by molar-refractivity contribution is 5.99. The van der Waals surface area contributed by atoms with Crippen molar-refractivity contribution >= 4 is 22.8 Å². The van der Waals surface area contributed by atoms with Crippen molar-refractivity contribution in [2.24, 2.45) is 11.6 Å². The van der Waals surface area contributed by atoms with Gasteiger partial charge in [-0.25, -0.2) is 5.84 Å². The topological polar surface area (TPSA) is 94.3 Å². The summed E-state index contributed by atoms with van der Waals surface area (Å²) in [5, 5.41) is 14.5. The molecule has 140 valence electrons. The van der Waals surface area contributed by atoms with Crippen LogP contribution in [-0.4, -0.2) is 30.7 Å². The fourth-order valence-electron chi connectivity index (χ4n) is 3.35. The number of nitrogens with zero attached hydrogens (tertiary/aromatic N) is 3. The number of para-hydroxylation sites is 2. The molecule has 2 aromatic carbocycles. The lowest BCUT2D eigenvalue weighted by Gasteiger charge is -2.29. The molecule has 27 heavy (non-hydrogen) atoms. The van der Waals surface area contributed by atoms with Crippen LogP contribution in [0.4, 0.5) is 11.4 Å². The molecular formula is C21H26N6. The van der Waals surface area contributed by atoms with Gasteiger partial charge in [0.15, 0.2) is 0 Å². The van der Waals surface area contributed by atoms with Gasteiger partial charge in [0.1, 0.15) is 6.04 Å². The quantitative estimate of drug-likeness (QED) is 0.559. The first-order chi connectivity index (χ1) is 13.0. The summed E-state index contributed by atoms with van der Waals surface area (Å²) in [5.41, 5.74) is 11.6. The molecule has 6 heteroatoms. The van der Waals surface area contributed by atoms with E-state index in [0.717, 1.165) is 22.5 Å². The molecule has 1 heterocycles. The number of hydrogen-bond donors (Lipinski definition) is 3. The average molecular weight is 362 g/mol. The molecule has 0 aliphatic carbocycles. The van der Waals surface area contributed by atoms with Crippen LogP contribution in [0.25, 0.3) is 11.4 Å². The SMILES string of the molecule is CC(C)NCC(C#N)N(N)C1=C(N)c2ccccc2N(C)c2ccccc21. The second-order valence-corrected chi connectivity index (χ2v) is 6.97. The normalized spacial score (nSPS) is 14.3. The van der Waals surface area contributed by atoms with Gasteiger partial charge in [-0.2, -0.15) is 5.26 Å². The third kappa shape index (κ3) is 3.47. The van der Waals surface area contributed by atoms with E-state index in [-0.39, 0.29) is 6.04 Å². The van der Waals surface area contributed by atoms with Crippen LogP contribution in [0, 0.1) is 11.3 Å². The standard InChI is InChI=1S/C21H26N6/c1-14(2)25-13-15(12-22)27(24)21-17-9-5-7-11-19(17)26(3)18-10-6-4-8-16(18)20(21)23/h4-11,14-15,25H,13,23-24H2,1-3H3. The third-order valence-corrected chi connectivity index (χ3v) is 4.79. The molecule has 6 nitrogen and oxygen atoms in total. The van der Waals surface area contributed by atoms with E-state index in [1.165, 1.54) is 5.01 Å². The molecular weight excluding hydrogens is 336 g/mol. The molecule has 1 aliphatic heterocycles. The van der Waals surface area contributed by atoms with E-state index in [4.69, 9.17) is 11.6 Å². The smallest absolute Gasteiger partial charge is 0.144 e. The Morgan fingerprint density at radius 3 is 2.22 bits per heavy atom. The largest absolute Gasteiger partial charge is 0.396 e. The van der Waals surface area contributed by atoms with Gasteiger partial charge in [-0.1, -0.05) is 50.2 Å². The summed E-state index contributed by atoms with van der Waals surface area (Å²) in [7, 11) is 2.01. The molecule has 1 atom stereocenters. The predicted molar refractivity (Wildman–Crippen MR) is 111 cm³/mol. The number of nitriles is 1. The maximum Gasteiger partial charge on any atom is 0.144 e. The van der Waals surface area contributed by atoms with Gasteiger partial charge in [0.25, 0.3) is 0 Å². The minimum atomic E-state index is -0.551. The van der Waals surface area contributed by atoms with Crippen molar-refractivity contribution in [3.05, 3.63) is 59.7 Å². The summed E-state index contributed by atoms with van der Waals surface area (Å²) in [6.07, 6.45) is 0. The fourth-order valence-corrected chi connectivity index (χ4v) is 3.35. The van der Waals surface area contributed by atoms with Crippen LogP contribution in [0.5, 0.6) is 0 Å². The molecule has 5 N–H and O–H groups in total. The molecule has 0 amide bonds. The molecule has 2 aromatic rings. The van der Waals surface area contributed by atoms with Crippen molar-refractivity contribution in [1.29, 1.82) is 5.26 Å². The monoisotopic (exact) mass is 362 g/mol. The van der Waals surface area contributed by atoms with Crippen molar-refractivity contribution in [3.8, 4) is 6.07 Å². The lowest BCUT2D eigenvalue weighted by molar-refractivity contribution is 0.338. The number of hydrogen-bond acceptors (Lipinski definition) is 6. The first kappa shape index (κ1) is 18.8. The molecule has 3 rings (SSSR count). The van der Waals surface area contributed by atoms with Gasteiger partial charge < -0.3 is 16.0 Å². The van der Waals surface area contributed by atoms with Crippen LogP contribution in [0.1, 0.15) is 25.0 Å². The summed E-state index contributed by atoms with van der Waals surface area (Å²) in [5.74, 6) is 6.48. The second-order valence-electron chi connectivity index (χ2n) is 6.97. The summed E-state index contributed by atoms with van der Waals surface area (Å²) in [4.78, 5) is 2.10. The zero-order chi connectivity index (χ0) is 19.6. The summed E-state index contributed by atoms with van der Waals surface area (Å²) >= 11 is 0. The van der Waals surface area contributed by atoms with Crippen LogP contribution >= 0.6 is 0 Å². The van der Waals surface area contributed by atoms with Gasteiger partial charge in [-0.15, -0.1) is 0 Å². The van der Waals surface area contributed by atoms with Crippen molar-refractivity contribution in [1.82, 2.24) is 10.3 Å². The lowest BCUT2D eigenvalue weighted by atomic mass is 10.0. The Morgan fingerprint density at radius 1 is 1.07 bits per heavy atom. The van der Waals surface area contributed by atoms with E-state index in [1.54, 1.807) is 0 Å². The number of anilines is 2. The van der Waals surface area contributed by atoms with Gasteiger partial charge in [0.2, 0.25) is 0 Å². The highest BCUT2D eigenvalue weighted by Crippen LogP contribution is 2.41. The summed E-state index contributed by atoms with van der Waals surface area (Å²) in [6.45, 7) is 4.52. The maximum absolute atomic E-state index is 9.71. The number of rotatable bonds is 5. The van der Waals surface area contributed by atoms with E-state index >= 15 is 0 Å². The van der Waals surface area contributed by atoms with Gasteiger partial charge in [-0.05, 0) is 12.1 Å². The van der Waals surface area contributed by atoms with Crippen LogP contribution in [0.15, 0.2) is 48.5 Å². The highest BCUT2D eigenvalue weighted by atomic mass is 15.4. The van der Waals surface area contributed by atoms with Gasteiger partial charge >= 0.3 is 0 Å². The molecule has 0 fully saturated rings. The third-order valence-electron chi connectivity index (χ3n) is 4.79. The Bertz CT molecular complexity index is 896. The number of fused-ring (bicyclic) bond motifs is 2. The van der Waals surface area contributed by atoms with Gasteiger partial charge in [-0.3, -0.25) is 5.01 Å². The van der Waals surface area contributed by atoms with Crippen LogP contribution in [-0.2, 0) is 0 Å². The van der Waals surface area contributed by atoms with E-state index in [2.05, 4.69) is 16.3 Å². The molecule has 0 aromatic heterocycles. The van der Waals surface area contributed by atoms with E-state index in [9.17, 15) is 5.26 Å². The predicted octanol–water partition coefficient (Wildman–Crippen LogP) is 2.62. The molecule has 0 bridgehead atoms. The first-order valence-electron chi connectivity index (χ1n) is 9.05. The van der Waals surface area contributed by atoms with Crippen molar-refractivity contribution in [2.45, 2.75) is 25.9 Å². The number of nitrogens with two attached hydrogens (primary N) is 2. The first-order valence-corrected chi connectivity index (χ1v) is 9.05. The fraction of sp³-hybridized carbons (Fsp3) is 0.286. The second kappa shape index (κ2) is 7.70. The minimum absolute atomic E-state index is 0.258. The Kier molecular flexibility index (Phi) is 5.36. The lowest BCUT2D eigenvalue weighted by Crippen LogP contribution is -2.46. The summed E-state index contributed by atoms with van der Waals surface area (Å²) in [6, 6.07) is 17.9. The van der Waals surface area contributed by atoms with E-state index in [0.29, 0.717) is 17.9 Å². The molecule has 1 aliphatic rings. The molecule has 0 radical (unpaired) electrons. The van der Waals surface area contributed by atoms with Crippen molar-refractivity contribution in [2.75, 3.05) is 18.5 Å². The Morgan fingerprint density at radius 2 is 1.63 bits per heavy atom. The van der Waals surface area contributed by atoms with E-state index in [1.807, 2.05) is 69.4 Å². The number of nitrogens with one attached hydrogen (secondary N) is 1.